The fourth-order valence-corrected chi connectivity index (χ4v) is 5.96. The SMILES string of the molecule is COc1ncc(CN2CCOc3c(Cl)cc(N4CCS(=O)(=O)c5ccccc54)cc3C2)cn1. The molecule has 5 rings (SSSR count). The van der Waals surface area contributed by atoms with Gasteiger partial charge in [0.25, 0.3) is 0 Å². The number of hydrogen-bond acceptors (Lipinski definition) is 8. The highest BCUT2D eigenvalue weighted by Crippen LogP contribution is 2.41. The average molecular weight is 487 g/mol. The Morgan fingerprint density at radius 2 is 1.94 bits per heavy atom. The number of aromatic nitrogens is 2. The zero-order chi connectivity index (χ0) is 23.0. The molecule has 10 heteroatoms. The lowest BCUT2D eigenvalue weighted by atomic mass is 10.1. The Hall–Kier alpha value is -2.88. The second-order valence-electron chi connectivity index (χ2n) is 7.99. The van der Waals surface area contributed by atoms with Crippen molar-refractivity contribution in [2.24, 2.45) is 0 Å². The number of fused-ring (bicyclic) bond motifs is 2. The quantitative estimate of drug-likeness (QED) is 0.554. The molecular formula is C23H23ClN4O4S. The predicted octanol–water partition coefficient (Wildman–Crippen LogP) is 3.46. The molecule has 2 aliphatic rings. The Kier molecular flexibility index (Phi) is 5.86. The molecule has 2 aromatic carbocycles. The normalized spacial score (nSPS) is 17.5. The number of ether oxygens (including phenoxy) is 2. The average Bonchev–Trinajstić information content (AvgIpc) is 3.02. The largest absolute Gasteiger partial charge is 0.490 e. The van der Waals surface area contributed by atoms with E-state index in [9.17, 15) is 8.42 Å². The maximum atomic E-state index is 12.6. The molecule has 1 aromatic heterocycles. The van der Waals surface area contributed by atoms with Crippen molar-refractivity contribution < 1.29 is 17.9 Å². The molecule has 3 aromatic rings. The van der Waals surface area contributed by atoms with Gasteiger partial charge in [-0.15, -0.1) is 0 Å². The van der Waals surface area contributed by atoms with E-state index in [1.54, 1.807) is 24.5 Å². The molecule has 0 radical (unpaired) electrons. The third-order valence-corrected chi connectivity index (χ3v) is 7.83. The van der Waals surface area contributed by atoms with E-state index >= 15 is 0 Å². The highest BCUT2D eigenvalue weighted by molar-refractivity contribution is 7.91. The van der Waals surface area contributed by atoms with Gasteiger partial charge in [-0.05, 0) is 24.3 Å². The van der Waals surface area contributed by atoms with E-state index in [1.165, 1.54) is 7.11 Å². The molecule has 0 fully saturated rings. The summed E-state index contributed by atoms with van der Waals surface area (Å²) in [6, 6.07) is 11.3. The molecule has 0 aliphatic carbocycles. The summed E-state index contributed by atoms with van der Waals surface area (Å²) in [6.45, 7) is 2.87. The van der Waals surface area contributed by atoms with E-state index in [4.69, 9.17) is 21.1 Å². The second-order valence-corrected chi connectivity index (χ2v) is 10.5. The zero-order valence-electron chi connectivity index (χ0n) is 18.1. The van der Waals surface area contributed by atoms with Crippen LogP contribution in [0, 0.1) is 0 Å². The number of rotatable bonds is 4. The van der Waals surface area contributed by atoms with Gasteiger partial charge in [0.05, 0.1) is 28.5 Å². The van der Waals surface area contributed by atoms with E-state index in [-0.39, 0.29) is 5.75 Å². The summed E-state index contributed by atoms with van der Waals surface area (Å²) in [5, 5.41) is 0.517. The minimum Gasteiger partial charge on any atom is -0.490 e. The van der Waals surface area contributed by atoms with Crippen LogP contribution in [0.3, 0.4) is 0 Å². The minimum atomic E-state index is -3.29. The summed E-state index contributed by atoms with van der Waals surface area (Å²) in [6.07, 6.45) is 3.51. The summed E-state index contributed by atoms with van der Waals surface area (Å²) in [5.74, 6) is 0.727. The van der Waals surface area contributed by atoms with Crippen LogP contribution >= 0.6 is 11.6 Å². The second kappa shape index (κ2) is 8.81. The molecule has 0 atom stereocenters. The Bertz CT molecular complexity index is 1280. The van der Waals surface area contributed by atoms with Crippen LogP contribution in [-0.4, -0.2) is 55.8 Å². The van der Waals surface area contributed by atoms with Crippen LogP contribution in [0.5, 0.6) is 11.8 Å². The molecule has 3 heterocycles. The molecule has 0 saturated carbocycles. The summed E-state index contributed by atoms with van der Waals surface area (Å²) < 4.78 is 36.1. The number of anilines is 2. The van der Waals surface area contributed by atoms with Crippen LogP contribution in [-0.2, 0) is 22.9 Å². The van der Waals surface area contributed by atoms with Gasteiger partial charge in [-0.3, -0.25) is 4.90 Å². The van der Waals surface area contributed by atoms with E-state index in [0.29, 0.717) is 53.6 Å². The topological polar surface area (TPSA) is 84.9 Å². The number of sulfone groups is 1. The summed E-state index contributed by atoms with van der Waals surface area (Å²) in [7, 11) is -1.76. The van der Waals surface area contributed by atoms with Crippen molar-refractivity contribution in [2.45, 2.75) is 18.0 Å². The van der Waals surface area contributed by atoms with Crippen molar-refractivity contribution in [1.29, 1.82) is 0 Å². The standard InChI is InChI=1S/C23H23ClN4O4S/c1-31-23-25-12-16(13-26-23)14-27-6-8-32-22-17(15-27)10-18(11-19(22)24)28-7-9-33(29,30)21-5-3-2-4-20(21)28/h2-5,10-13H,6-9,14-15H2,1H3. The van der Waals surface area contributed by atoms with Gasteiger partial charge in [-0.25, -0.2) is 18.4 Å². The molecule has 0 amide bonds. The first-order valence-corrected chi connectivity index (χ1v) is 12.6. The maximum absolute atomic E-state index is 12.6. The van der Waals surface area contributed by atoms with Gasteiger partial charge < -0.3 is 14.4 Å². The first kappa shape index (κ1) is 21.9. The van der Waals surface area contributed by atoms with E-state index < -0.39 is 9.84 Å². The Labute approximate surface area is 197 Å². The van der Waals surface area contributed by atoms with Crippen LogP contribution < -0.4 is 14.4 Å². The number of hydrogen-bond donors (Lipinski definition) is 0. The van der Waals surface area contributed by atoms with Crippen LogP contribution in [0.15, 0.2) is 53.7 Å². The van der Waals surface area contributed by atoms with Gasteiger partial charge in [-0.1, -0.05) is 23.7 Å². The third kappa shape index (κ3) is 4.36. The van der Waals surface area contributed by atoms with Gasteiger partial charge in [0.1, 0.15) is 12.4 Å². The van der Waals surface area contributed by atoms with E-state index in [2.05, 4.69) is 14.9 Å². The van der Waals surface area contributed by atoms with Gasteiger partial charge >= 0.3 is 6.01 Å². The molecule has 2 aliphatic heterocycles. The van der Waals surface area contributed by atoms with Crippen molar-refractivity contribution in [2.75, 3.05) is 37.5 Å². The molecular weight excluding hydrogens is 464 g/mol. The van der Waals surface area contributed by atoms with Gasteiger partial charge in [0.15, 0.2) is 9.84 Å². The number of nitrogens with zero attached hydrogens (tertiary/aromatic N) is 4. The molecule has 0 N–H and O–H groups in total. The fourth-order valence-electron chi connectivity index (χ4n) is 4.24. The van der Waals surface area contributed by atoms with Crippen LogP contribution in [0.4, 0.5) is 11.4 Å². The van der Waals surface area contributed by atoms with Crippen molar-refractivity contribution in [1.82, 2.24) is 14.9 Å². The number of benzene rings is 2. The molecule has 0 saturated heterocycles. The highest BCUT2D eigenvalue weighted by atomic mass is 35.5. The fraction of sp³-hybridized carbons (Fsp3) is 0.304. The summed E-state index contributed by atoms with van der Waals surface area (Å²) >= 11 is 6.64. The Morgan fingerprint density at radius 1 is 1.15 bits per heavy atom. The number of para-hydroxylation sites is 1. The first-order chi connectivity index (χ1) is 15.9. The van der Waals surface area contributed by atoms with Crippen molar-refractivity contribution in [3.05, 3.63) is 64.9 Å². The minimum absolute atomic E-state index is 0.0544. The van der Waals surface area contributed by atoms with Gasteiger partial charge in [0.2, 0.25) is 0 Å². The van der Waals surface area contributed by atoms with Crippen molar-refractivity contribution in [3.63, 3.8) is 0 Å². The van der Waals surface area contributed by atoms with Gasteiger partial charge in [-0.2, -0.15) is 0 Å². The molecule has 0 bridgehead atoms. The van der Waals surface area contributed by atoms with Crippen molar-refractivity contribution >= 4 is 32.8 Å². The lowest BCUT2D eigenvalue weighted by Gasteiger charge is -2.31. The molecule has 0 unspecified atom stereocenters. The molecule has 172 valence electrons. The monoisotopic (exact) mass is 486 g/mol. The summed E-state index contributed by atoms with van der Waals surface area (Å²) in [5.41, 5.74) is 3.44. The van der Waals surface area contributed by atoms with Crippen LogP contribution in [0.2, 0.25) is 5.02 Å². The zero-order valence-corrected chi connectivity index (χ0v) is 19.6. The molecule has 33 heavy (non-hydrogen) atoms. The van der Waals surface area contributed by atoms with E-state index in [0.717, 1.165) is 23.4 Å². The van der Waals surface area contributed by atoms with E-state index in [1.807, 2.05) is 29.2 Å². The lowest BCUT2D eigenvalue weighted by molar-refractivity contribution is 0.219. The van der Waals surface area contributed by atoms with Crippen LogP contribution in [0.1, 0.15) is 11.1 Å². The van der Waals surface area contributed by atoms with Gasteiger partial charge in [0, 0.05) is 55.4 Å². The molecule has 0 spiro atoms. The smallest absolute Gasteiger partial charge is 0.316 e. The number of methoxy groups -OCH3 is 1. The number of halogens is 1. The predicted molar refractivity (Wildman–Crippen MR) is 125 cm³/mol. The Morgan fingerprint density at radius 3 is 2.73 bits per heavy atom. The highest BCUT2D eigenvalue weighted by Gasteiger charge is 2.30. The van der Waals surface area contributed by atoms with Crippen LogP contribution in [0.25, 0.3) is 0 Å². The first-order valence-electron chi connectivity index (χ1n) is 10.6. The molecule has 8 nitrogen and oxygen atoms in total. The third-order valence-electron chi connectivity index (χ3n) is 5.81. The lowest BCUT2D eigenvalue weighted by Crippen LogP contribution is -2.31. The maximum Gasteiger partial charge on any atom is 0.316 e. The Balaban J connectivity index is 1.46. The summed E-state index contributed by atoms with van der Waals surface area (Å²) in [4.78, 5) is 13.0. The van der Waals surface area contributed by atoms with Crippen molar-refractivity contribution in [3.8, 4) is 11.8 Å².